The highest BCUT2D eigenvalue weighted by Gasteiger charge is 2.20. The van der Waals surface area contributed by atoms with Gasteiger partial charge in [0, 0.05) is 24.1 Å². The molecule has 0 spiro atoms. The van der Waals surface area contributed by atoms with Gasteiger partial charge in [-0.15, -0.1) is 0 Å². The molecule has 3 aromatic heterocycles. The van der Waals surface area contributed by atoms with E-state index in [1.54, 1.807) is 6.20 Å². The molecule has 1 aliphatic rings. The lowest BCUT2D eigenvalue weighted by Crippen LogP contribution is -2.17. The molecule has 1 atom stereocenters. The predicted molar refractivity (Wildman–Crippen MR) is 112 cm³/mol. The molecule has 0 aliphatic carbocycles. The van der Waals surface area contributed by atoms with Crippen molar-refractivity contribution in [1.29, 1.82) is 5.26 Å². The summed E-state index contributed by atoms with van der Waals surface area (Å²) in [5, 5.41) is 12.2. The normalized spacial score (nSPS) is 16.3. The number of fused-ring (bicyclic) bond motifs is 1. The van der Waals surface area contributed by atoms with Crippen LogP contribution in [0, 0.1) is 11.3 Å². The molecule has 8 heteroatoms. The summed E-state index contributed by atoms with van der Waals surface area (Å²) in [7, 11) is 0. The Hall–Kier alpha value is -3.83. The van der Waals surface area contributed by atoms with E-state index in [1.807, 2.05) is 42.7 Å². The van der Waals surface area contributed by atoms with E-state index in [0.717, 1.165) is 53.8 Å². The molecule has 148 valence electrons. The third-order valence-corrected chi connectivity index (χ3v) is 5.12. The van der Waals surface area contributed by atoms with Crippen molar-refractivity contribution in [2.24, 2.45) is 0 Å². The fourth-order valence-corrected chi connectivity index (χ4v) is 3.68. The van der Waals surface area contributed by atoms with E-state index in [1.165, 1.54) is 12.4 Å². The number of imidazole rings is 1. The highest BCUT2D eigenvalue weighted by molar-refractivity contribution is 5.94. The summed E-state index contributed by atoms with van der Waals surface area (Å²) in [6.45, 7) is 0.758. The van der Waals surface area contributed by atoms with Gasteiger partial charge in [0.2, 0.25) is 5.95 Å². The average Bonchev–Trinajstić information content (AvgIpc) is 3.24. The van der Waals surface area contributed by atoms with E-state index in [9.17, 15) is 0 Å². The Morgan fingerprint density at radius 1 is 1.10 bits per heavy atom. The molecule has 5 rings (SSSR count). The number of aromatic nitrogens is 5. The van der Waals surface area contributed by atoms with Crippen LogP contribution in [0.2, 0.25) is 0 Å². The molecule has 1 aliphatic heterocycles. The molecular weight excluding hydrogens is 378 g/mol. The van der Waals surface area contributed by atoms with Crippen LogP contribution in [-0.2, 0) is 4.74 Å². The van der Waals surface area contributed by atoms with Crippen molar-refractivity contribution >= 4 is 22.7 Å². The highest BCUT2D eigenvalue weighted by atomic mass is 16.5. The Bertz CT molecular complexity index is 1210. The van der Waals surface area contributed by atoms with Crippen molar-refractivity contribution in [3.05, 3.63) is 60.8 Å². The number of hydrogen-bond acceptors (Lipinski definition) is 7. The maximum absolute atomic E-state index is 8.95. The summed E-state index contributed by atoms with van der Waals surface area (Å²) < 4.78 is 8.08. The standard InChI is InChI=1S/C22H19N7O/c23-11-15-12-25-22(26-13-15)28-16-9-17(18-5-1-3-7-24-18)21-19(10-16)29(14-27-21)20-6-2-4-8-30-20/h1,3,5,7,9-10,12-14,20H,2,4,6,8H2,(H,25,26,28). The number of nitriles is 1. The third-order valence-electron chi connectivity index (χ3n) is 5.12. The Labute approximate surface area is 173 Å². The van der Waals surface area contributed by atoms with Crippen LogP contribution in [0.5, 0.6) is 0 Å². The second-order valence-electron chi connectivity index (χ2n) is 7.11. The van der Waals surface area contributed by atoms with Crippen LogP contribution in [0.15, 0.2) is 55.2 Å². The van der Waals surface area contributed by atoms with E-state index in [0.29, 0.717) is 11.5 Å². The fourth-order valence-electron chi connectivity index (χ4n) is 3.68. The minimum atomic E-state index is -0.0262. The van der Waals surface area contributed by atoms with E-state index in [4.69, 9.17) is 10.00 Å². The van der Waals surface area contributed by atoms with Crippen LogP contribution in [0.25, 0.3) is 22.3 Å². The molecule has 1 unspecified atom stereocenters. The average molecular weight is 397 g/mol. The Kier molecular flexibility index (Phi) is 4.79. The Balaban J connectivity index is 1.61. The van der Waals surface area contributed by atoms with Crippen molar-refractivity contribution < 1.29 is 4.74 Å². The first-order valence-electron chi connectivity index (χ1n) is 9.84. The Morgan fingerprint density at radius 2 is 2.00 bits per heavy atom. The molecular formula is C22H19N7O. The van der Waals surface area contributed by atoms with Gasteiger partial charge in [-0.1, -0.05) is 6.07 Å². The SMILES string of the molecule is N#Cc1cnc(Nc2cc(-c3ccccn3)c3ncn(C4CCCCO4)c3c2)nc1. The fraction of sp³-hybridized carbons (Fsp3) is 0.227. The van der Waals surface area contributed by atoms with Crippen molar-refractivity contribution in [1.82, 2.24) is 24.5 Å². The van der Waals surface area contributed by atoms with E-state index in [-0.39, 0.29) is 6.23 Å². The van der Waals surface area contributed by atoms with Crippen LogP contribution >= 0.6 is 0 Å². The maximum atomic E-state index is 8.95. The molecule has 30 heavy (non-hydrogen) atoms. The summed E-state index contributed by atoms with van der Waals surface area (Å²) in [4.78, 5) is 17.6. The Morgan fingerprint density at radius 3 is 2.73 bits per heavy atom. The van der Waals surface area contributed by atoms with Crippen molar-refractivity contribution in [2.75, 3.05) is 11.9 Å². The van der Waals surface area contributed by atoms with Gasteiger partial charge in [-0.05, 0) is 43.5 Å². The number of nitrogens with zero attached hydrogens (tertiary/aromatic N) is 6. The second kappa shape index (κ2) is 7.89. The number of benzene rings is 1. The van der Waals surface area contributed by atoms with Crippen molar-refractivity contribution in [3.8, 4) is 17.3 Å². The first-order chi connectivity index (χ1) is 14.8. The number of ether oxygens (including phenoxy) is 1. The molecule has 0 amide bonds. The number of pyridine rings is 1. The minimum absolute atomic E-state index is 0.0262. The zero-order valence-corrected chi connectivity index (χ0v) is 16.2. The van der Waals surface area contributed by atoms with Gasteiger partial charge in [0.05, 0.1) is 41.0 Å². The predicted octanol–water partition coefficient (Wildman–Crippen LogP) is 4.20. The van der Waals surface area contributed by atoms with Crippen molar-refractivity contribution in [3.63, 3.8) is 0 Å². The van der Waals surface area contributed by atoms with Gasteiger partial charge in [0.15, 0.2) is 0 Å². The quantitative estimate of drug-likeness (QED) is 0.550. The number of anilines is 2. The second-order valence-corrected chi connectivity index (χ2v) is 7.11. The van der Waals surface area contributed by atoms with Crippen LogP contribution < -0.4 is 5.32 Å². The minimum Gasteiger partial charge on any atom is -0.358 e. The van der Waals surface area contributed by atoms with E-state index >= 15 is 0 Å². The number of hydrogen-bond donors (Lipinski definition) is 1. The molecule has 8 nitrogen and oxygen atoms in total. The summed E-state index contributed by atoms with van der Waals surface area (Å²) >= 11 is 0. The molecule has 4 aromatic rings. The largest absolute Gasteiger partial charge is 0.358 e. The van der Waals surface area contributed by atoms with Gasteiger partial charge >= 0.3 is 0 Å². The van der Waals surface area contributed by atoms with Gasteiger partial charge in [-0.3, -0.25) is 4.98 Å². The first kappa shape index (κ1) is 18.2. The lowest BCUT2D eigenvalue weighted by molar-refractivity contribution is -0.0295. The van der Waals surface area contributed by atoms with Gasteiger partial charge < -0.3 is 14.6 Å². The lowest BCUT2D eigenvalue weighted by atomic mass is 10.1. The molecule has 1 fully saturated rings. The third kappa shape index (κ3) is 3.47. The highest BCUT2D eigenvalue weighted by Crippen LogP contribution is 2.34. The zero-order chi connectivity index (χ0) is 20.3. The number of nitrogens with one attached hydrogen (secondary N) is 1. The molecule has 1 N–H and O–H groups in total. The summed E-state index contributed by atoms with van der Waals surface area (Å²) in [6.07, 6.45) is 9.75. The molecule has 1 saturated heterocycles. The smallest absolute Gasteiger partial charge is 0.227 e. The van der Waals surface area contributed by atoms with Gasteiger partial charge in [0.1, 0.15) is 12.3 Å². The zero-order valence-electron chi connectivity index (χ0n) is 16.2. The van der Waals surface area contributed by atoms with E-state index in [2.05, 4.69) is 29.8 Å². The maximum Gasteiger partial charge on any atom is 0.227 e. The van der Waals surface area contributed by atoms with Crippen LogP contribution in [0.4, 0.5) is 11.6 Å². The molecule has 1 aromatic carbocycles. The molecule has 4 heterocycles. The van der Waals surface area contributed by atoms with Crippen molar-refractivity contribution in [2.45, 2.75) is 25.5 Å². The molecule has 0 bridgehead atoms. The van der Waals surface area contributed by atoms with E-state index < -0.39 is 0 Å². The first-order valence-corrected chi connectivity index (χ1v) is 9.84. The topological polar surface area (TPSA) is 102 Å². The summed E-state index contributed by atoms with van der Waals surface area (Å²) in [5.74, 6) is 0.417. The lowest BCUT2D eigenvalue weighted by Gasteiger charge is -2.24. The molecule has 0 radical (unpaired) electrons. The van der Waals surface area contributed by atoms with Gasteiger partial charge in [0.25, 0.3) is 0 Å². The summed E-state index contributed by atoms with van der Waals surface area (Å²) in [5.41, 5.74) is 4.80. The van der Waals surface area contributed by atoms with Gasteiger partial charge in [-0.25, -0.2) is 15.0 Å². The van der Waals surface area contributed by atoms with Gasteiger partial charge in [-0.2, -0.15) is 5.26 Å². The van der Waals surface area contributed by atoms with Crippen LogP contribution in [-0.4, -0.2) is 31.1 Å². The monoisotopic (exact) mass is 397 g/mol. The van der Waals surface area contributed by atoms with Crippen LogP contribution in [0.3, 0.4) is 0 Å². The summed E-state index contributed by atoms with van der Waals surface area (Å²) in [6, 6.07) is 11.9. The van der Waals surface area contributed by atoms with Crippen LogP contribution in [0.1, 0.15) is 31.1 Å². The number of rotatable bonds is 4. The molecule has 0 saturated carbocycles.